The molecule has 128 valence electrons. The van der Waals surface area contributed by atoms with Gasteiger partial charge in [0.05, 0.1) is 17.1 Å². The summed E-state index contributed by atoms with van der Waals surface area (Å²) in [6.07, 6.45) is 1.43. The summed E-state index contributed by atoms with van der Waals surface area (Å²) in [5, 5.41) is 4.08. The molecule has 0 aliphatic carbocycles. The lowest BCUT2D eigenvalue weighted by molar-refractivity contribution is -0.143. The first-order chi connectivity index (χ1) is 12.1. The number of anilines is 2. The van der Waals surface area contributed by atoms with Gasteiger partial charge in [-0.3, -0.25) is 4.90 Å². The number of carbonyl (C=O) groups is 2. The van der Waals surface area contributed by atoms with Crippen molar-refractivity contribution in [3.63, 3.8) is 0 Å². The van der Waals surface area contributed by atoms with Crippen LogP contribution in [0.4, 0.5) is 16.2 Å². The lowest BCUT2D eigenvalue weighted by Crippen LogP contribution is -2.32. The number of hydrogen-bond acceptors (Lipinski definition) is 4. The maximum Gasteiger partial charge on any atom is 0.335 e. The molecule has 0 fully saturated rings. The van der Waals surface area contributed by atoms with Crippen LogP contribution < -0.4 is 10.6 Å². The second-order valence-electron chi connectivity index (χ2n) is 5.75. The van der Waals surface area contributed by atoms with Gasteiger partial charge in [-0.05, 0) is 24.1 Å². The topological polar surface area (TPSA) is 85.0 Å². The molecular weight excluding hydrogens is 318 g/mol. The van der Waals surface area contributed by atoms with Crippen molar-refractivity contribution in [1.29, 1.82) is 0 Å². The van der Waals surface area contributed by atoms with E-state index in [1.54, 1.807) is 6.07 Å². The zero-order chi connectivity index (χ0) is 17.8. The summed E-state index contributed by atoms with van der Waals surface area (Å²) < 4.78 is 0. The minimum absolute atomic E-state index is 0.308. The Labute approximate surface area is 145 Å². The normalized spacial score (nSPS) is 14.4. The van der Waals surface area contributed by atoms with E-state index < -0.39 is 6.03 Å². The molecule has 0 spiro atoms. The molecule has 1 aliphatic rings. The van der Waals surface area contributed by atoms with E-state index in [9.17, 15) is 9.59 Å². The second kappa shape index (κ2) is 7.17. The summed E-state index contributed by atoms with van der Waals surface area (Å²) in [7, 11) is 0. The molecule has 1 aliphatic heterocycles. The molecule has 0 saturated heterocycles. The van der Waals surface area contributed by atoms with Crippen molar-refractivity contribution in [2.24, 2.45) is 10.9 Å². The van der Waals surface area contributed by atoms with Crippen LogP contribution >= 0.6 is 0 Å². The van der Waals surface area contributed by atoms with Crippen LogP contribution in [0.25, 0.3) is 0 Å². The van der Waals surface area contributed by atoms with Gasteiger partial charge in [0.2, 0.25) is 0 Å². The van der Waals surface area contributed by atoms with Gasteiger partial charge in [0, 0.05) is 18.4 Å². The SMILES string of the molecule is CCCC(=O)O/N=C1/Cc2ccccc2N(C(N)=O)c2ccccc21. The fraction of sp³-hybridized carbons (Fsp3) is 0.211. The Morgan fingerprint density at radius 3 is 2.52 bits per heavy atom. The van der Waals surface area contributed by atoms with Crippen molar-refractivity contribution in [2.75, 3.05) is 4.90 Å². The van der Waals surface area contributed by atoms with Gasteiger partial charge >= 0.3 is 12.0 Å². The lowest BCUT2D eigenvalue weighted by atomic mass is 10.0. The van der Waals surface area contributed by atoms with E-state index in [2.05, 4.69) is 5.16 Å². The molecule has 0 saturated carbocycles. The van der Waals surface area contributed by atoms with Gasteiger partial charge in [0.15, 0.2) is 0 Å². The van der Waals surface area contributed by atoms with Crippen LogP contribution in [-0.4, -0.2) is 17.7 Å². The van der Waals surface area contributed by atoms with Crippen molar-refractivity contribution < 1.29 is 14.4 Å². The molecular formula is C19H19N3O3. The average molecular weight is 337 g/mol. The molecule has 0 unspecified atom stereocenters. The minimum atomic E-state index is -0.580. The molecule has 25 heavy (non-hydrogen) atoms. The number of urea groups is 1. The van der Waals surface area contributed by atoms with Crippen molar-refractivity contribution in [2.45, 2.75) is 26.2 Å². The summed E-state index contributed by atoms with van der Waals surface area (Å²) in [4.78, 5) is 30.3. The number of rotatable bonds is 3. The van der Waals surface area contributed by atoms with Gasteiger partial charge in [0.25, 0.3) is 0 Å². The van der Waals surface area contributed by atoms with E-state index >= 15 is 0 Å². The molecule has 6 heteroatoms. The van der Waals surface area contributed by atoms with Crippen LogP contribution in [0.15, 0.2) is 53.7 Å². The minimum Gasteiger partial charge on any atom is -0.351 e. The third-order valence-electron chi connectivity index (χ3n) is 3.98. The maximum atomic E-state index is 12.1. The molecule has 2 aromatic rings. The Bertz CT molecular complexity index is 845. The number of benzene rings is 2. The maximum absolute atomic E-state index is 12.1. The summed E-state index contributed by atoms with van der Waals surface area (Å²) in [6.45, 7) is 1.90. The second-order valence-corrected chi connectivity index (χ2v) is 5.75. The highest BCUT2D eigenvalue weighted by atomic mass is 16.7. The van der Waals surface area contributed by atoms with Gasteiger partial charge in [-0.2, -0.15) is 0 Å². The third-order valence-corrected chi connectivity index (χ3v) is 3.98. The molecule has 2 N–H and O–H groups in total. The van der Waals surface area contributed by atoms with E-state index in [0.717, 1.165) is 5.56 Å². The van der Waals surface area contributed by atoms with Crippen LogP contribution in [0, 0.1) is 0 Å². The molecule has 0 atom stereocenters. The lowest BCUT2D eigenvalue weighted by Gasteiger charge is -2.22. The quantitative estimate of drug-likeness (QED) is 0.687. The first kappa shape index (κ1) is 16.7. The third kappa shape index (κ3) is 3.38. The summed E-state index contributed by atoms with van der Waals surface area (Å²) in [6, 6.07) is 14.2. The van der Waals surface area contributed by atoms with E-state index in [-0.39, 0.29) is 5.97 Å². The fourth-order valence-electron chi connectivity index (χ4n) is 2.87. The number of fused-ring (bicyclic) bond motifs is 2. The highest BCUT2D eigenvalue weighted by Crippen LogP contribution is 2.35. The molecule has 0 bridgehead atoms. The number of nitrogens with two attached hydrogens (primary N) is 1. The van der Waals surface area contributed by atoms with Crippen LogP contribution in [0.1, 0.15) is 30.9 Å². The molecule has 2 aromatic carbocycles. The highest BCUT2D eigenvalue weighted by molar-refractivity contribution is 6.13. The van der Waals surface area contributed by atoms with Gasteiger partial charge in [-0.25, -0.2) is 9.59 Å². The number of nitrogens with zero attached hydrogens (tertiary/aromatic N) is 2. The molecule has 3 rings (SSSR count). The Morgan fingerprint density at radius 2 is 1.80 bits per heavy atom. The van der Waals surface area contributed by atoms with Crippen LogP contribution in [0.5, 0.6) is 0 Å². The number of carbonyl (C=O) groups excluding carboxylic acids is 2. The first-order valence-electron chi connectivity index (χ1n) is 8.15. The van der Waals surface area contributed by atoms with Crippen molar-refractivity contribution in [1.82, 2.24) is 0 Å². The smallest absolute Gasteiger partial charge is 0.335 e. The Hall–Kier alpha value is -3.15. The highest BCUT2D eigenvalue weighted by Gasteiger charge is 2.27. The standard InChI is InChI=1S/C19H19N3O3/c1-2-7-18(23)25-21-15-12-13-8-3-5-10-16(13)22(19(20)24)17-11-6-4-9-14(15)17/h3-6,8-11H,2,7,12H2,1H3,(H2,20,24)/b21-15-. The van der Waals surface area contributed by atoms with Gasteiger partial charge in [-0.15, -0.1) is 0 Å². The van der Waals surface area contributed by atoms with E-state index in [1.165, 1.54) is 4.90 Å². The Balaban J connectivity index is 2.12. The number of amides is 2. The van der Waals surface area contributed by atoms with Crippen molar-refractivity contribution >= 4 is 29.1 Å². The Morgan fingerprint density at radius 1 is 1.12 bits per heavy atom. The van der Waals surface area contributed by atoms with Crippen LogP contribution in [-0.2, 0) is 16.1 Å². The number of hydrogen-bond donors (Lipinski definition) is 1. The predicted molar refractivity (Wildman–Crippen MR) is 95.8 cm³/mol. The van der Waals surface area contributed by atoms with E-state index in [0.29, 0.717) is 41.9 Å². The van der Waals surface area contributed by atoms with Crippen LogP contribution in [0.2, 0.25) is 0 Å². The Kier molecular flexibility index (Phi) is 4.79. The van der Waals surface area contributed by atoms with E-state index in [1.807, 2.05) is 49.4 Å². The average Bonchev–Trinajstić information content (AvgIpc) is 2.74. The summed E-state index contributed by atoms with van der Waals surface area (Å²) in [5.74, 6) is -0.378. The number of oxime groups is 1. The predicted octanol–water partition coefficient (Wildman–Crippen LogP) is 3.51. The van der Waals surface area contributed by atoms with Gasteiger partial charge in [-0.1, -0.05) is 48.5 Å². The number of primary amides is 1. The first-order valence-corrected chi connectivity index (χ1v) is 8.15. The fourth-order valence-corrected chi connectivity index (χ4v) is 2.87. The largest absolute Gasteiger partial charge is 0.351 e. The zero-order valence-corrected chi connectivity index (χ0v) is 13.9. The van der Waals surface area contributed by atoms with E-state index in [4.69, 9.17) is 10.6 Å². The molecule has 0 aromatic heterocycles. The van der Waals surface area contributed by atoms with Crippen LogP contribution in [0.3, 0.4) is 0 Å². The molecule has 2 amide bonds. The summed E-state index contributed by atoms with van der Waals surface area (Å²) >= 11 is 0. The van der Waals surface area contributed by atoms with Gasteiger partial charge in [0.1, 0.15) is 0 Å². The molecule has 1 heterocycles. The molecule has 0 radical (unpaired) electrons. The monoisotopic (exact) mass is 337 g/mol. The van der Waals surface area contributed by atoms with Crippen molar-refractivity contribution in [3.05, 3.63) is 59.7 Å². The summed E-state index contributed by atoms with van der Waals surface area (Å²) in [5.41, 5.74) is 9.12. The van der Waals surface area contributed by atoms with Crippen molar-refractivity contribution in [3.8, 4) is 0 Å². The zero-order valence-electron chi connectivity index (χ0n) is 13.9. The number of para-hydroxylation sites is 2. The van der Waals surface area contributed by atoms with Gasteiger partial charge < -0.3 is 10.6 Å². The molecule has 6 nitrogen and oxygen atoms in total.